The van der Waals surface area contributed by atoms with Crippen LogP contribution in [0.1, 0.15) is 27.7 Å². The van der Waals surface area contributed by atoms with Crippen molar-refractivity contribution < 1.29 is 52.4 Å². The van der Waals surface area contributed by atoms with Gasteiger partial charge in [0.1, 0.15) is 12.7 Å². The molecule has 1 rings (SSSR count). The SMILES string of the molecule is CO[C@]1(C(N)=O)O[C@H](COC(C)=O)[C@H](OC(C)=O)[C@H](OC(C)=O)[C@H]1OC(C)=O. The first-order valence-corrected chi connectivity index (χ1v) is 8.12. The lowest BCUT2D eigenvalue weighted by Crippen LogP contribution is -2.72. The number of ether oxygens (including phenoxy) is 6. The lowest BCUT2D eigenvalue weighted by molar-refractivity contribution is -0.341. The summed E-state index contributed by atoms with van der Waals surface area (Å²) in [6, 6.07) is 0. The van der Waals surface area contributed by atoms with Crippen molar-refractivity contribution in [2.75, 3.05) is 13.7 Å². The molecular formula is C16H23NO11. The van der Waals surface area contributed by atoms with Crippen molar-refractivity contribution in [3.8, 4) is 0 Å². The first-order valence-electron chi connectivity index (χ1n) is 8.12. The molecule has 0 radical (unpaired) electrons. The molecule has 0 spiro atoms. The van der Waals surface area contributed by atoms with Crippen molar-refractivity contribution in [2.24, 2.45) is 5.73 Å². The largest absolute Gasteiger partial charge is 0.463 e. The van der Waals surface area contributed by atoms with Gasteiger partial charge in [-0.2, -0.15) is 0 Å². The highest BCUT2D eigenvalue weighted by Gasteiger charge is 2.63. The van der Waals surface area contributed by atoms with Gasteiger partial charge in [-0.05, 0) is 0 Å². The second-order valence-corrected chi connectivity index (χ2v) is 5.87. The van der Waals surface area contributed by atoms with Crippen LogP contribution in [0.5, 0.6) is 0 Å². The molecular weight excluding hydrogens is 382 g/mol. The van der Waals surface area contributed by atoms with Gasteiger partial charge in [-0.25, -0.2) is 0 Å². The Morgan fingerprint density at radius 3 is 1.75 bits per heavy atom. The highest BCUT2D eigenvalue weighted by Crippen LogP contribution is 2.36. The third-order valence-corrected chi connectivity index (χ3v) is 3.68. The van der Waals surface area contributed by atoms with E-state index in [2.05, 4.69) is 0 Å². The molecule has 0 unspecified atom stereocenters. The molecule has 12 nitrogen and oxygen atoms in total. The Morgan fingerprint density at radius 1 is 0.857 bits per heavy atom. The summed E-state index contributed by atoms with van der Waals surface area (Å²) in [4.78, 5) is 58.1. The van der Waals surface area contributed by atoms with Crippen LogP contribution in [-0.4, -0.2) is 73.7 Å². The lowest BCUT2D eigenvalue weighted by Gasteiger charge is -2.48. The Bertz CT molecular complexity index is 649. The molecule has 28 heavy (non-hydrogen) atoms. The first-order chi connectivity index (χ1) is 12.9. The number of esters is 4. The van der Waals surface area contributed by atoms with Crippen molar-refractivity contribution >= 4 is 29.8 Å². The van der Waals surface area contributed by atoms with E-state index in [0.29, 0.717) is 0 Å². The predicted molar refractivity (Wildman–Crippen MR) is 87.1 cm³/mol. The molecule has 158 valence electrons. The number of carbonyl (C=O) groups is 5. The Hall–Kier alpha value is -2.73. The summed E-state index contributed by atoms with van der Waals surface area (Å²) in [5, 5.41) is 0. The number of rotatable bonds is 7. The van der Waals surface area contributed by atoms with E-state index in [9.17, 15) is 24.0 Å². The fourth-order valence-electron chi connectivity index (χ4n) is 2.73. The van der Waals surface area contributed by atoms with Gasteiger partial charge in [0.2, 0.25) is 6.10 Å². The third-order valence-electron chi connectivity index (χ3n) is 3.68. The smallest absolute Gasteiger partial charge is 0.303 e. The minimum Gasteiger partial charge on any atom is -0.463 e. The van der Waals surface area contributed by atoms with Crippen molar-refractivity contribution in [1.29, 1.82) is 0 Å². The van der Waals surface area contributed by atoms with Crippen LogP contribution < -0.4 is 5.73 Å². The van der Waals surface area contributed by atoms with Crippen LogP contribution >= 0.6 is 0 Å². The Balaban J connectivity index is 3.52. The van der Waals surface area contributed by atoms with Crippen molar-refractivity contribution in [1.82, 2.24) is 0 Å². The maximum Gasteiger partial charge on any atom is 0.303 e. The van der Waals surface area contributed by atoms with Crippen LogP contribution in [0.2, 0.25) is 0 Å². The average molecular weight is 405 g/mol. The molecule has 0 saturated carbocycles. The lowest BCUT2D eigenvalue weighted by atomic mass is 9.91. The van der Waals surface area contributed by atoms with Gasteiger partial charge in [0.05, 0.1) is 0 Å². The number of nitrogens with two attached hydrogens (primary N) is 1. The van der Waals surface area contributed by atoms with Crippen molar-refractivity contribution in [2.45, 2.75) is 57.9 Å². The molecule has 0 aromatic carbocycles. The Morgan fingerprint density at radius 2 is 1.36 bits per heavy atom. The number of amides is 1. The van der Waals surface area contributed by atoms with Crippen LogP contribution in [0.4, 0.5) is 0 Å². The van der Waals surface area contributed by atoms with Crippen LogP contribution in [0.3, 0.4) is 0 Å². The molecule has 1 heterocycles. The van der Waals surface area contributed by atoms with E-state index in [0.717, 1.165) is 34.8 Å². The zero-order chi connectivity index (χ0) is 21.6. The number of primary amides is 1. The zero-order valence-corrected chi connectivity index (χ0v) is 16.1. The topological polar surface area (TPSA) is 167 Å². The van der Waals surface area contributed by atoms with Crippen LogP contribution in [-0.2, 0) is 52.4 Å². The molecule has 1 amide bonds. The fraction of sp³-hybridized carbons (Fsp3) is 0.688. The fourth-order valence-corrected chi connectivity index (χ4v) is 2.73. The molecule has 1 aliphatic heterocycles. The molecule has 2 N–H and O–H groups in total. The molecule has 1 fully saturated rings. The van der Waals surface area contributed by atoms with E-state index >= 15 is 0 Å². The van der Waals surface area contributed by atoms with Gasteiger partial charge in [-0.1, -0.05) is 0 Å². The first kappa shape index (κ1) is 23.3. The summed E-state index contributed by atoms with van der Waals surface area (Å²) in [7, 11) is 1.04. The molecule has 0 bridgehead atoms. The van der Waals surface area contributed by atoms with Crippen molar-refractivity contribution in [3.05, 3.63) is 0 Å². The molecule has 0 aromatic rings. The highest BCUT2D eigenvalue weighted by molar-refractivity contribution is 5.84. The summed E-state index contributed by atoms with van der Waals surface area (Å²) in [6.07, 6.45) is -6.01. The quantitative estimate of drug-likeness (QED) is 0.389. The van der Waals surface area contributed by atoms with E-state index in [4.69, 9.17) is 34.2 Å². The van der Waals surface area contributed by atoms with E-state index in [-0.39, 0.29) is 0 Å². The van der Waals surface area contributed by atoms with Gasteiger partial charge in [0.25, 0.3) is 11.7 Å². The second-order valence-electron chi connectivity index (χ2n) is 5.87. The van der Waals surface area contributed by atoms with Gasteiger partial charge < -0.3 is 34.2 Å². The summed E-state index contributed by atoms with van der Waals surface area (Å²) in [6.45, 7) is 3.76. The Kier molecular flexibility index (Phi) is 7.88. The van der Waals surface area contributed by atoms with E-state index in [1.54, 1.807) is 0 Å². The maximum atomic E-state index is 12.2. The van der Waals surface area contributed by atoms with Gasteiger partial charge >= 0.3 is 23.9 Å². The predicted octanol–water partition coefficient (Wildman–Crippen LogP) is -1.43. The summed E-state index contributed by atoms with van der Waals surface area (Å²) < 4.78 is 30.9. The zero-order valence-electron chi connectivity index (χ0n) is 16.1. The molecule has 1 aliphatic rings. The molecule has 5 atom stereocenters. The van der Waals surface area contributed by atoms with Gasteiger partial charge in [-0.3, -0.25) is 24.0 Å². The van der Waals surface area contributed by atoms with E-state index < -0.39 is 66.6 Å². The molecule has 12 heteroatoms. The molecule has 0 aliphatic carbocycles. The standard InChI is InChI=1S/C16H23NO11/c1-7(18)24-6-11-12(25-8(2)19)13(26-9(3)20)14(27-10(4)21)16(23-5,28-11)15(17)22/h11-14H,6H2,1-5H3,(H2,17,22)/t11-,12+,13+,14-,16+/m1/s1. The number of carbonyl (C=O) groups excluding carboxylic acids is 5. The van der Waals surface area contributed by atoms with Crippen LogP contribution in [0, 0.1) is 0 Å². The second kappa shape index (κ2) is 9.46. The third kappa shape index (κ3) is 5.39. The van der Waals surface area contributed by atoms with Gasteiger partial charge in [-0.15, -0.1) is 0 Å². The Labute approximate surface area is 160 Å². The van der Waals surface area contributed by atoms with E-state index in [1.807, 2.05) is 0 Å². The monoisotopic (exact) mass is 405 g/mol. The number of hydrogen-bond donors (Lipinski definition) is 1. The minimum atomic E-state index is -2.41. The number of methoxy groups -OCH3 is 1. The highest BCUT2D eigenvalue weighted by atomic mass is 16.8. The summed E-state index contributed by atoms with van der Waals surface area (Å²) in [5.41, 5.74) is 5.40. The van der Waals surface area contributed by atoms with Gasteiger partial charge in [0.15, 0.2) is 12.2 Å². The summed E-state index contributed by atoms with van der Waals surface area (Å²) in [5.74, 6) is -6.85. The average Bonchev–Trinajstić information content (AvgIpc) is 2.55. The molecule has 1 saturated heterocycles. The maximum absolute atomic E-state index is 12.2. The summed E-state index contributed by atoms with van der Waals surface area (Å²) >= 11 is 0. The minimum absolute atomic E-state index is 0.504. The van der Waals surface area contributed by atoms with E-state index in [1.165, 1.54) is 0 Å². The normalized spacial score (nSPS) is 29.3. The van der Waals surface area contributed by atoms with Gasteiger partial charge in [0, 0.05) is 34.8 Å². The molecule has 0 aromatic heterocycles. The van der Waals surface area contributed by atoms with Crippen molar-refractivity contribution in [3.63, 3.8) is 0 Å². The van der Waals surface area contributed by atoms with Crippen LogP contribution in [0.25, 0.3) is 0 Å². The number of hydrogen-bond acceptors (Lipinski definition) is 11. The van der Waals surface area contributed by atoms with Crippen LogP contribution in [0.15, 0.2) is 0 Å².